The van der Waals surface area contributed by atoms with E-state index in [0.29, 0.717) is 0 Å². The van der Waals surface area contributed by atoms with Crippen molar-refractivity contribution in [2.24, 2.45) is 0 Å². The Balaban J connectivity index is 2.07. The Morgan fingerprint density at radius 3 is 2.52 bits per heavy atom. The van der Waals surface area contributed by atoms with Gasteiger partial charge in [0.1, 0.15) is 5.60 Å². The predicted octanol–water partition coefficient (Wildman–Crippen LogP) is 4.67. The highest BCUT2D eigenvalue weighted by Gasteiger charge is 2.29. The minimum absolute atomic E-state index is 0.0280. The molecule has 0 saturated carbocycles. The van der Waals surface area contributed by atoms with Gasteiger partial charge in [-0.2, -0.15) is 0 Å². The number of nitrogens with zero attached hydrogens (tertiary/aromatic N) is 2. The van der Waals surface area contributed by atoms with Crippen LogP contribution in [0.3, 0.4) is 0 Å². The number of nitrogens with one attached hydrogen (secondary N) is 1. The Morgan fingerprint density at radius 1 is 1.19 bits per heavy atom. The van der Waals surface area contributed by atoms with Crippen LogP contribution in [-0.4, -0.2) is 35.4 Å². The predicted molar refractivity (Wildman–Crippen MR) is 125 cm³/mol. The highest BCUT2D eigenvalue weighted by atomic mass is 16.6. The average Bonchev–Trinajstić information content (AvgIpc) is 3.02. The van der Waals surface area contributed by atoms with E-state index in [-0.39, 0.29) is 24.9 Å². The number of carbonyl (C=O) groups is 1. The van der Waals surface area contributed by atoms with Crippen LogP contribution >= 0.6 is 0 Å². The lowest BCUT2D eigenvalue weighted by molar-refractivity contribution is -0.155. The molecular formula is C25H35N3O3. The summed E-state index contributed by atoms with van der Waals surface area (Å²) in [4.78, 5) is 12.8. The van der Waals surface area contributed by atoms with Gasteiger partial charge in [0, 0.05) is 19.5 Å². The van der Waals surface area contributed by atoms with Gasteiger partial charge < -0.3 is 9.84 Å². The second kappa shape index (κ2) is 8.89. The number of aryl methyl sites for hydroxylation is 1. The quantitative estimate of drug-likeness (QED) is 0.656. The number of anilines is 2. The number of fused-ring (bicyclic) bond motifs is 1. The molecule has 0 bridgehead atoms. The van der Waals surface area contributed by atoms with Crippen LogP contribution in [0.15, 0.2) is 30.3 Å². The van der Waals surface area contributed by atoms with E-state index in [1.54, 1.807) is 0 Å². The number of esters is 1. The highest BCUT2D eigenvalue weighted by molar-refractivity contribution is 5.79. The molecule has 6 heteroatoms. The molecule has 0 saturated heterocycles. The van der Waals surface area contributed by atoms with Crippen molar-refractivity contribution in [1.29, 1.82) is 0 Å². The molecule has 0 aromatic heterocycles. The lowest BCUT2D eigenvalue weighted by Gasteiger charge is -2.25. The number of ether oxygens (including phenoxy) is 1. The summed E-state index contributed by atoms with van der Waals surface area (Å²) in [6.45, 7) is 12.7. The van der Waals surface area contributed by atoms with E-state index in [4.69, 9.17) is 4.74 Å². The standard InChI is InChI=1S/C25H35N3O3/c1-8-28-22-12-11-20(17(3)24(22)26-27(28)7)21(14-23(30)31-25(4,5)6)18-10-9-16(2)19(13-18)15-29/h9-13,21,26,29H,8,14-15H2,1-7H3/t21-/m0/s1. The minimum atomic E-state index is -0.538. The third-order valence-corrected chi connectivity index (χ3v) is 5.81. The van der Waals surface area contributed by atoms with E-state index in [0.717, 1.165) is 45.7 Å². The fourth-order valence-corrected chi connectivity index (χ4v) is 4.25. The lowest BCUT2D eigenvalue weighted by Crippen LogP contribution is -2.37. The maximum atomic E-state index is 12.8. The molecule has 1 aliphatic rings. The van der Waals surface area contributed by atoms with Crippen molar-refractivity contribution in [1.82, 2.24) is 5.12 Å². The Kier molecular flexibility index (Phi) is 6.62. The number of benzene rings is 2. The number of hydrazine groups is 2. The molecule has 2 aromatic rings. The van der Waals surface area contributed by atoms with E-state index in [1.165, 1.54) is 0 Å². The van der Waals surface area contributed by atoms with E-state index >= 15 is 0 Å². The molecule has 2 aromatic carbocycles. The molecule has 3 rings (SSSR count). The van der Waals surface area contributed by atoms with E-state index < -0.39 is 5.60 Å². The first-order valence-electron chi connectivity index (χ1n) is 10.9. The molecule has 0 radical (unpaired) electrons. The summed E-state index contributed by atoms with van der Waals surface area (Å²) in [7, 11) is 1.99. The van der Waals surface area contributed by atoms with Crippen molar-refractivity contribution in [2.75, 3.05) is 24.0 Å². The number of carbonyl (C=O) groups excluding carboxylic acids is 1. The smallest absolute Gasteiger partial charge is 0.307 e. The van der Waals surface area contributed by atoms with Gasteiger partial charge in [-0.05, 0) is 75.4 Å². The first-order chi connectivity index (χ1) is 14.6. The molecule has 1 aliphatic heterocycles. The molecule has 0 spiro atoms. The monoisotopic (exact) mass is 425 g/mol. The molecule has 168 valence electrons. The van der Waals surface area contributed by atoms with Crippen LogP contribution in [0.1, 0.15) is 67.9 Å². The average molecular weight is 426 g/mol. The van der Waals surface area contributed by atoms with Crippen molar-refractivity contribution >= 4 is 17.3 Å². The summed E-state index contributed by atoms with van der Waals surface area (Å²) in [5.74, 6) is -0.405. The normalized spacial score (nSPS) is 14.9. The Hall–Kier alpha value is -2.57. The van der Waals surface area contributed by atoms with Crippen LogP contribution in [0.2, 0.25) is 0 Å². The van der Waals surface area contributed by atoms with E-state index in [9.17, 15) is 9.90 Å². The summed E-state index contributed by atoms with van der Waals surface area (Å²) < 4.78 is 5.66. The second-order valence-corrected chi connectivity index (χ2v) is 9.21. The maximum absolute atomic E-state index is 12.8. The molecule has 0 amide bonds. The van der Waals surface area contributed by atoms with Gasteiger partial charge in [-0.1, -0.05) is 24.3 Å². The van der Waals surface area contributed by atoms with Crippen LogP contribution in [-0.2, 0) is 16.1 Å². The topological polar surface area (TPSA) is 65.0 Å². The highest BCUT2D eigenvalue weighted by Crippen LogP contribution is 2.42. The number of aliphatic hydroxyl groups excluding tert-OH is 1. The van der Waals surface area contributed by atoms with Gasteiger partial charge in [-0.3, -0.25) is 15.2 Å². The van der Waals surface area contributed by atoms with Crippen LogP contribution in [0.4, 0.5) is 11.4 Å². The molecule has 31 heavy (non-hydrogen) atoms. The zero-order valence-corrected chi connectivity index (χ0v) is 19.7. The summed E-state index contributed by atoms with van der Waals surface area (Å²) in [6.07, 6.45) is 0.234. The van der Waals surface area contributed by atoms with Crippen LogP contribution in [0, 0.1) is 13.8 Å². The van der Waals surface area contributed by atoms with Crippen molar-refractivity contribution in [2.45, 2.75) is 66.1 Å². The van der Waals surface area contributed by atoms with Crippen molar-refractivity contribution < 1.29 is 14.6 Å². The van der Waals surface area contributed by atoms with Crippen LogP contribution in [0.25, 0.3) is 0 Å². The molecule has 2 N–H and O–H groups in total. The fourth-order valence-electron chi connectivity index (χ4n) is 4.25. The molecular weight excluding hydrogens is 390 g/mol. The van der Waals surface area contributed by atoms with Gasteiger partial charge in [-0.15, -0.1) is 5.12 Å². The number of aliphatic hydroxyl groups is 1. The van der Waals surface area contributed by atoms with Gasteiger partial charge in [0.15, 0.2) is 0 Å². The largest absolute Gasteiger partial charge is 0.460 e. The number of rotatable bonds is 6. The summed E-state index contributed by atoms with van der Waals surface area (Å²) in [5, 5.41) is 13.9. The zero-order chi connectivity index (χ0) is 22.9. The summed E-state index contributed by atoms with van der Waals surface area (Å²) in [6, 6.07) is 10.3. The van der Waals surface area contributed by atoms with Crippen molar-refractivity contribution in [3.8, 4) is 0 Å². The lowest BCUT2D eigenvalue weighted by atomic mass is 9.84. The third kappa shape index (κ3) is 4.86. The van der Waals surface area contributed by atoms with Crippen molar-refractivity contribution in [3.05, 3.63) is 58.1 Å². The van der Waals surface area contributed by atoms with E-state index in [1.807, 2.05) is 58.1 Å². The van der Waals surface area contributed by atoms with Crippen LogP contribution < -0.4 is 10.4 Å². The molecule has 6 nitrogen and oxygen atoms in total. The first kappa shape index (κ1) is 23.1. The molecule has 0 unspecified atom stereocenters. The Morgan fingerprint density at radius 2 is 1.90 bits per heavy atom. The fraction of sp³-hybridized carbons (Fsp3) is 0.480. The molecule has 0 fully saturated rings. The Bertz CT molecular complexity index is 965. The minimum Gasteiger partial charge on any atom is -0.460 e. The van der Waals surface area contributed by atoms with Crippen molar-refractivity contribution in [3.63, 3.8) is 0 Å². The number of hydrogen-bond acceptors (Lipinski definition) is 6. The number of hydrogen-bond donors (Lipinski definition) is 2. The zero-order valence-electron chi connectivity index (χ0n) is 19.7. The molecule has 0 aliphatic carbocycles. The van der Waals surface area contributed by atoms with Crippen LogP contribution in [0.5, 0.6) is 0 Å². The molecule has 1 heterocycles. The molecule has 1 atom stereocenters. The Labute approximate surface area is 185 Å². The van der Waals surface area contributed by atoms with Gasteiger partial charge in [0.05, 0.1) is 24.4 Å². The van der Waals surface area contributed by atoms with Gasteiger partial charge >= 0.3 is 5.97 Å². The SMILES string of the molecule is CCN1c2ccc([C@@H](CC(=O)OC(C)(C)C)c3ccc(C)c(CO)c3)c(C)c2NN1C. The van der Waals surface area contributed by atoms with Gasteiger partial charge in [0.2, 0.25) is 0 Å². The maximum Gasteiger partial charge on any atom is 0.307 e. The van der Waals surface area contributed by atoms with Gasteiger partial charge in [0.25, 0.3) is 0 Å². The van der Waals surface area contributed by atoms with Gasteiger partial charge in [-0.25, -0.2) is 0 Å². The summed E-state index contributed by atoms with van der Waals surface area (Å²) in [5.41, 5.74) is 10.2. The van der Waals surface area contributed by atoms with E-state index in [2.05, 4.69) is 36.4 Å². The third-order valence-electron chi connectivity index (χ3n) is 5.81. The summed E-state index contributed by atoms with van der Waals surface area (Å²) >= 11 is 0. The second-order valence-electron chi connectivity index (χ2n) is 9.21. The first-order valence-corrected chi connectivity index (χ1v) is 10.9.